The van der Waals surface area contributed by atoms with Gasteiger partial charge in [0.2, 0.25) is 0 Å². The van der Waals surface area contributed by atoms with Gasteiger partial charge in [0.15, 0.2) is 0 Å². The molecule has 1 aromatic heterocycles. The summed E-state index contributed by atoms with van der Waals surface area (Å²) in [6, 6.07) is 10.5. The van der Waals surface area contributed by atoms with E-state index in [1.165, 1.54) is 5.56 Å². The summed E-state index contributed by atoms with van der Waals surface area (Å²) >= 11 is 0. The van der Waals surface area contributed by atoms with Crippen molar-refractivity contribution in [3.05, 3.63) is 47.8 Å². The smallest absolute Gasteiger partial charge is 0.0766 e. The van der Waals surface area contributed by atoms with Gasteiger partial charge < -0.3 is 5.32 Å². The van der Waals surface area contributed by atoms with Crippen LogP contribution in [0, 0.1) is 0 Å². The van der Waals surface area contributed by atoms with Crippen molar-refractivity contribution in [1.82, 2.24) is 15.1 Å². The van der Waals surface area contributed by atoms with E-state index in [-0.39, 0.29) is 5.41 Å². The minimum Gasteiger partial charge on any atom is -0.311 e. The van der Waals surface area contributed by atoms with Gasteiger partial charge in [-0.05, 0) is 29.7 Å². The normalized spacial score (nSPS) is 11.8. The summed E-state index contributed by atoms with van der Waals surface area (Å²) in [4.78, 5) is 0. The molecule has 3 heteroatoms. The van der Waals surface area contributed by atoms with Crippen LogP contribution in [-0.2, 0) is 12.0 Å². The molecule has 0 amide bonds. The minimum absolute atomic E-state index is 0.115. The maximum Gasteiger partial charge on any atom is 0.0766 e. The number of nitrogens with one attached hydrogen (secondary N) is 1. The first-order valence-corrected chi connectivity index (χ1v) is 6.87. The highest BCUT2D eigenvalue weighted by Crippen LogP contribution is 2.27. The van der Waals surface area contributed by atoms with Gasteiger partial charge in [0, 0.05) is 12.7 Å². The Kier molecular flexibility index (Phi) is 4.05. The topological polar surface area (TPSA) is 29.9 Å². The molecule has 0 saturated heterocycles. The van der Waals surface area contributed by atoms with Crippen molar-refractivity contribution >= 4 is 0 Å². The van der Waals surface area contributed by atoms with Gasteiger partial charge in [0.25, 0.3) is 0 Å². The van der Waals surface area contributed by atoms with Crippen molar-refractivity contribution in [3.8, 4) is 5.69 Å². The second-order valence-electron chi connectivity index (χ2n) is 5.80. The van der Waals surface area contributed by atoms with E-state index in [0.29, 0.717) is 0 Å². The molecule has 0 bridgehead atoms. The lowest BCUT2D eigenvalue weighted by Crippen LogP contribution is -2.16. The molecule has 0 spiro atoms. The van der Waals surface area contributed by atoms with Crippen LogP contribution in [0.5, 0.6) is 0 Å². The average molecular weight is 257 g/mol. The van der Waals surface area contributed by atoms with Crippen LogP contribution < -0.4 is 5.32 Å². The maximum atomic E-state index is 4.65. The van der Waals surface area contributed by atoms with Gasteiger partial charge >= 0.3 is 0 Å². The Morgan fingerprint density at radius 1 is 1.16 bits per heavy atom. The molecule has 2 aromatic rings. The number of benzene rings is 1. The molecule has 0 radical (unpaired) electrons. The highest BCUT2D eigenvalue weighted by molar-refractivity contribution is 5.44. The van der Waals surface area contributed by atoms with Gasteiger partial charge in [-0.1, -0.05) is 45.9 Å². The highest BCUT2D eigenvalue weighted by Gasteiger charge is 2.18. The Morgan fingerprint density at radius 3 is 2.58 bits per heavy atom. The zero-order chi connectivity index (χ0) is 13.9. The Bertz CT molecular complexity index is 535. The summed E-state index contributed by atoms with van der Waals surface area (Å²) in [6.45, 7) is 10.6. The van der Waals surface area contributed by atoms with Gasteiger partial charge in [-0.3, -0.25) is 0 Å². The Morgan fingerprint density at radius 2 is 1.89 bits per heavy atom. The van der Waals surface area contributed by atoms with Crippen LogP contribution in [-0.4, -0.2) is 16.3 Å². The van der Waals surface area contributed by atoms with Crippen molar-refractivity contribution in [3.63, 3.8) is 0 Å². The summed E-state index contributed by atoms with van der Waals surface area (Å²) in [5.41, 5.74) is 3.67. The molecule has 0 aliphatic rings. The van der Waals surface area contributed by atoms with E-state index in [0.717, 1.165) is 24.5 Å². The van der Waals surface area contributed by atoms with E-state index in [4.69, 9.17) is 0 Å². The summed E-state index contributed by atoms with van der Waals surface area (Å²) in [6.07, 6.45) is 2.04. The first-order chi connectivity index (χ1) is 9.02. The van der Waals surface area contributed by atoms with Crippen LogP contribution in [0.1, 0.15) is 39.0 Å². The summed E-state index contributed by atoms with van der Waals surface area (Å²) < 4.78 is 1.98. The molecule has 0 aliphatic carbocycles. The van der Waals surface area contributed by atoms with Crippen LogP contribution >= 0.6 is 0 Å². The third-order valence-corrected chi connectivity index (χ3v) is 3.16. The molecular weight excluding hydrogens is 234 g/mol. The van der Waals surface area contributed by atoms with E-state index in [2.05, 4.69) is 68.4 Å². The zero-order valence-electron chi connectivity index (χ0n) is 12.3. The number of aromatic nitrogens is 2. The number of hydrogen-bond acceptors (Lipinski definition) is 2. The van der Waals surface area contributed by atoms with E-state index in [1.54, 1.807) is 0 Å². The van der Waals surface area contributed by atoms with Gasteiger partial charge in [-0.25, -0.2) is 4.68 Å². The fourth-order valence-electron chi connectivity index (χ4n) is 2.15. The monoisotopic (exact) mass is 257 g/mol. The predicted octanol–water partition coefficient (Wildman–Crippen LogP) is 3.28. The second-order valence-corrected chi connectivity index (χ2v) is 5.80. The van der Waals surface area contributed by atoms with Gasteiger partial charge in [-0.2, -0.15) is 5.10 Å². The molecule has 0 atom stereocenters. The SMILES string of the molecule is CCNCc1ccn(-c2ccccc2C(C)(C)C)n1. The lowest BCUT2D eigenvalue weighted by Gasteiger charge is -2.22. The summed E-state index contributed by atoms with van der Waals surface area (Å²) in [7, 11) is 0. The molecule has 19 heavy (non-hydrogen) atoms. The Balaban J connectivity index is 2.34. The quantitative estimate of drug-likeness (QED) is 0.911. The standard InChI is InChI=1S/C16H23N3/c1-5-17-12-13-10-11-19(18-13)15-9-7-6-8-14(15)16(2,3)4/h6-11,17H,5,12H2,1-4H3. The molecule has 2 rings (SSSR count). The average Bonchev–Trinajstić information content (AvgIpc) is 2.84. The maximum absolute atomic E-state index is 4.65. The van der Waals surface area contributed by atoms with Crippen molar-refractivity contribution < 1.29 is 0 Å². The Labute approximate surface area is 115 Å². The summed E-state index contributed by atoms with van der Waals surface area (Å²) in [5, 5.41) is 7.94. The fourth-order valence-corrected chi connectivity index (χ4v) is 2.15. The fraction of sp³-hybridized carbons (Fsp3) is 0.438. The molecule has 1 heterocycles. The molecule has 3 nitrogen and oxygen atoms in total. The molecule has 0 saturated carbocycles. The largest absolute Gasteiger partial charge is 0.311 e. The van der Waals surface area contributed by atoms with Crippen molar-refractivity contribution in [1.29, 1.82) is 0 Å². The first-order valence-electron chi connectivity index (χ1n) is 6.87. The molecule has 1 aromatic carbocycles. The highest BCUT2D eigenvalue weighted by atomic mass is 15.3. The summed E-state index contributed by atoms with van der Waals surface area (Å²) in [5.74, 6) is 0. The molecule has 102 valence electrons. The molecule has 0 unspecified atom stereocenters. The van der Waals surface area contributed by atoms with Gasteiger partial charge in [0.1, 0.15) is 0 Å². The minimum atomic E-state index is 0.115. The predicted molar refractivity (Wildman–Crippen MR) is 79.6 cm³/mol. The van der Waals surface area contributed by atoms with Crippen LogP contribution in [0.2, 0.25) is 0 Å². The van der Waals surface area contributed by atoms with Crippen molar-refractivity contribution in [2.45, 2.75) is 39.7 Å². The van der Waals surface area contributed by atoms with Gasteiger partial charge in [0.05, 0.1) is 11.4 Å². The van der Waals surface area contributed by atoms with Crippen LogP contribution in [0.25, 0.3) is 5.69 Å². The number of rotatable bonds is 4. The lowest BCUT2D eigenvalue weighted by molar-refractivity contribution is 0.582. The van der Waals surface area contributed by atoms with E-state index < -0.39 is 0 Å². The third kappa shape index (κ3) is 3.24. The van der Waals surface area contributed by atoms with Gasteiger partial charge in [-0.15, -0.1) is 0 Å². The number of para-hydroxylation sites is 1. The third-order valence-electron chi connectivity index (χ3n) is 3.16. The number of hydrogen-bond donors (Lipinski definition) is 1. The van der Waals surface area contributed by atoms with Crippen LogP contribution in [0.4, 0.5) is 0 Å². The van der Waals surface area contributed by atoms with Crippen molar-refractivity contribution in [2.75, 3.05) is 6.54 Å². The van der Waals surface area contributed by atoms with Crippen LogP contribution in [0.15, 0.2) is 36.5 Å². The molecular formula is C16H23N3. The van der Waals surface area contributed by atoms with E-state index >= 15 is 0 Å². The van der Waals surface area contributed by atoms with E-state index in [1.807, 2.05) is 10.9 Å². The second kappa shape index (κ2) is 5.57. The zero-order valence-corrected chi connectivity index (χ0v) is 12.3. The van der Waals surface area contributed by atoms with Crippen molar-refractivity contribution in [2.24, 2.45) is 0 Å². The lowest BCUT2D eigenvalue weighted by atomic mass is 9.86. The Hall–Kier alpha value is -1.61. The number of nitrogens with zero attached hydrogens (tertiary/aromatic N) is 2. The van der Waals surface area contributed by atoms with E-state index in [9.17, 15) is 0 Å². The first kappa shape index (κ1) is 13.8. The molecule has 0 aliphatic heterocycles. The molecule has 0 fully saturated rings. The molecule has 1 N–H and O–H groups in total. The van der Waals surface area contributed by atoms with Crippen LogP contribution in [0.3, 0.4) is 0 Å².